The maximum atomic E-state index is 11.9. The molecule has 1 aliphatic heterocycles. The highest BCUT2D eigenvalue weighted by Gasteiger charge is 2.14. The van der Waals surface area contributed by atoms with Gasteiger partial charge < -0.3 is 29.0 Å². The summed E-state index contributed by atoms with van der Waals surface area (Å²) in [7, 11) is 3.15. The van der Waals surface area contributed by atoms with Crippen molar-refractivity contribution in [1.29, 1.82) is 0 Å². The Kier molecular flexibility index (Phi) is 7.37. The second kappa shape index (κ2) is 10.4. The molecule has 8 nitrogen and oxygen atoms in total. The molecule has 160 valence electrons. The monoisotopic (exact) mass is 415 g/mol. The Morgan fingerprint density at radius 3 is 2.47 bits per heavy atom. The summed E-state index contributed by atoms with van der Waals surface area (Å²) in [6.07, 6.45) is 1.29. The second-order valence-corrected chi connectivity index (χ2v) is 6.64. The largest absolute Gasteiger partial charge is 0.493 e. The van der Waals surface area contributed by atoms with Gasteiger partial charge in [-0.15, -0.1) is 0 Å². The summed E-state index contributed by atoms with van der Waals surface area (Å²) in [6.45, 7) is 0.330. The first-order chi connectivity index (χ1) is 14.6. The molecule has 0 bridgehead atoms. The Bertz CT molecular complexity index is 897. The molecule has 8 heteroatoms. The van der Waals surface area contributed by atoms with Crippen LogP contribution in [0.3, 0.4) is 0 Å². The number of ether oxygens (including phenoxy) is 5. The Morgan fingerprint density at radius 1 is 0.933 bits per heavy atom. The van der Waals surface area contributed by atoms with Crippen molar-refractivity contribution in [3.63, 3.8) is 0 Å². The first-order valence-electron chi connectivity index (χ1n) is 9.61. The van der Waals surface area contributed by atoms with E-state index in [-0.39, 0.29) is 25.7 Å². The summed E-state index contributed by atoms with van der Waals surface area (Å²) < 4.78 is 26.1. The lowest BCUT2D eigenvalue weighted by Crippen LogP contribution is -2.30. The van der Waals surface area contributed by atoms with E-state index in [0.29, 0.717) is 42.4 Å². The maximum Gasteiger partial charge on any atom is 0.306 e. The van der Waals surface area contributed by atoms with Crippen LogP contribution in [-0.2, 0) is 27.2 Å². The number of carbonyl (C=O) groups excluding carboxylic acids is 2. The lowest BCUT2D eigenvalue weighted by atomic mass is 10.1. The minimum Gasteiger partial charge on any atom is -0.493 e. The fourth-order valence-electron chi connectivity index (χ4n) is 2.99. The van der Waals surface area contributed by atoms with Gasteiger partial charge in [0.15, 0.2) is 29.6 Å². The highest BCUT2D eigenvalue weighted by Crippen LogP contribution is 2.32. The van der Waals surface area contributed by atoms with E-state index < -0.39 is 5.97 Å². The third-order valence-corrected chi connectivity index (χ3v) is 4.60. The lowest BCUT2D eigenvalue weighted by molar-refractivity contribution is -0.148. The minimum absolute atomic E-state index is 0.179. The molecular weight excluding hydrogens is 390 g/mol. The number of benzene rings is 2. The normalized spacial score (nSPS) is 11.7. The van der Waals surface area contributed by atoms with Gasteiger partial charge in [-0.25, -0.2) is 0 Å². The summed E-state index contributed by atoms with van der Waals surface area (Å²) >= 11 is 0. The van der Waals surface area contributed by atoms with Gasteiger partial charge in [0.2, 0.25) is 6.79 Å². The van der Waals surface area contributed by atoms with E-state index in [9.17, 15) is 9.59 Å². The zero-order valence-electron chi connectivity index (χ0n) is 17.1. The van der Waals surface area contributed by atoms with Crippen LogP contribution in [0.2, 0.25) is 0 Å². The van der Waals surface area contributed by atoms with Gasteiger partial charge in [-0.3, -0.25) is 9.59 Å². The molecule has 2 aromatic carbocycles. The van der Waals surface area contributed by atoms with Gasteiger partial charge in [0.05, 0.1) is 14.2 Å². The van der Waals surface area contributed by atoms with Crippen LogP contribution in [-0.4, -0.2) is 46.0 Å². The van der Waals surface area contributed by atoms with Crippen LogP contribution in [0.1, 0.15) is 17.5 Å². The average Bonchev–Trinajstić information content (AvgIpc) is 3.24. The summed E-state index contributed by atoms with van der Waals surface area (Å²) in [5.74, 6) is 1.89. The molecule has 0 aliphatic carbocycles. The Balaban J connectivity index is 1.34. The van der Waals surface area contributed by atoms with Gasteiger partial charge in [0.1, 0.15) is 0 Å². The maximum absolute atomic E-state index is 11.9. The minimum atomic E-state index is -0.428. The number of carbonyl (C=O) groups is 2. The number of methoxy groups -OCH3 is 2. The molecule has 0 fully saturated rings. The van der Waals surface area contributed by atoms with Crippen molar-refractivity contribution < 1.29 is 33.3 Å². The van der Waals surface area contributed by atoms with E-state index in [1.807, 2.05) is 36.4 Å². The second-order valence-electron chi connectivity index (χ2n) is 6.64. The van der Waals surface area contributed by atoms with E-state index in [0.717, 1.165) is 11.1 Å². The van der Waals surface area contributed by atoms with E-state index in [1.54, 1.807) is 14.2 Å². The van der Waals surface area contributed by atoms with E-state index in [1.165, 1.54) is 0 Å². The molecule has 1 N–H and O–H groups in total. The smallest absolute Gasteiger partial charge is 0.306 e. The van der Waals surface area contributed by atoms with Gasteiger partial charge in [-0.05, 0) is 48.2 Å². The molecular formula is C22H25NO7. The Morgan fingerprint density at radius 2 is 1.67 bits per heavy atom. The van der Waals surface area contributed by atoms with Crippen molar-refractivity contribution in [1.82, 2.24) is 5.32 Å². The molecule has 0 radical (unpaired) electrons. The van der Waals surface area contributed by atoms with Crippen molar-refractivity contribution in [2.75, 3.05) is 34.2 Å². The number of amides is 1. The van der Waals surface area contributed by atoms with Crippen LogP contribution >= 0.6 is 0 Å². The van der Waals surface area contributed by atoms with Crippen molar-refractivity contribution in [2.24, 2.45) is 0 Å². The highest BCUT2D eigenvalue weighted by atomic mass is 16.7. The molecule has 30 heavy (non-hydrogen) atoms. The number of esters is 1. The van der Waals surface area contributed by atoms with Crippen LogP contribution in [0.15, 0.2) is 36.4 Å². The molecule has 0 aromatic heterocycles. The first kappa shape index (κ1) is 21.3. The number of aryl methyl sites for hydroxylation is 1. The van der Waals surface area contributed by atoms with E-state index in [2.05, 4.69) is 5.32 Å². The molecule has 0 saturated carbocycles. The molecule has 3 rings (SSSR count). The zero-order chi connectivity index (χ0) is 21.3. The third kappa shape index (κ3) is 5.79. The molecule has 0 saturated heterocycles. The highest BCUT2D eigenvalue weighted by molar-refractivity contribution is 5.80. The molecule has 1 heterocycles. The van der Waals surface area contributed by atoms with Crippen molar-refractivity contribution in [2.45, 2.75) is 19.3 Å². The Labute approximate surface area is 175 Å². The molecule has 0 unspecified atom stereocenters. The van der Waals surface area contributed by atoms with Crippen LogP contribution < -0.4 is 24.3 Å². The summed E-state index contributed by atoms with van der Waals surface area (Å²) in [5, 5.41) is 2.74. The predicted molar refractivity (Wildman–Crippen MR) is 108 cm³/mol. The van der Waals surface area contributed by atoms with Crippen molar-refractivity contribution in [3.8, 4) is 23.0 Å². The fourth-order valence-corrected chi connectivity index (χ4v) is 2.99. The van der Waals surface area contributed by atoms with Gasteiger partial charge in [0.25, 0.3) is 5.91 Å². The SMILES string of the molecule is COc1ccc(CCNC(=O)COC(=O)CCc2ccc3c(c2)OCO3)cc1OC. The number of fused-ring (bicyclic) bond motifs is 1. The number of hydrogen-bond donors (Lipinski definition) is 1. The Hall–Kier alpha value is -3.42. The van der Waals surface area contributed by atoms with Crippen LogP contribution in [0.25, 0.3) is 0 Å². The quantitative estimate of drug-likeness (QED) is 0.595. The first-order valence-corrected chi connectivity index (χ1v) is 9.61. The number of hydrogen-bond acceptors (Lipinski definition) is 7. The van der Waals surface area contributed by atoms with Crippen LogP contribution in [0.5, 0.6) is 23.0 Å². The summed E-state index contributed by atoms with van der Waals surface area (Å²) in [6, 6.07) is 11.1. The van der Waals surface area contributed by atoms with Crippen molar-refractivity contribution >= 4 is 11.9 Å². The van der Waals surface area contributed by atoms with E-state index in [4.69, 9.17) is 23.7 Å². The molecule has 2 aromatic rings. The molecule has 1 amide bonds. The number of nitrogens with one attached hydrogen (secondary N) is 1. The average molecular weight is 415 g/mol. The summed E-state index contributed by atoms with van der Waals surface area (Å²) in [5.41, 5.74) is 1.93. The van der Waals surface area contributed by atoms with Crippen LogP contribution in [0, 0.1) is 0 Å². The van der Waals surface area contributed by atoms with E-state index >= 15 is 0 Å². The topological polar surface area (TPSA) is 92.3 Å². The van der Waals surface area contributed by atoms with Gasteiger partial charge in [0, 0.05) is 13.0 Å². The molecule has 0 spiro atoms. The number of rotatable bonds is 10. The fraction of sp³-hybridized carbons (Fsp3) is 0.364. The zero-order valence-corrected chi connectivity index (χ0v) is 17.1. The standard InChI is InChI=1S/C22H25NO7/c1-26-17-6-3-16(11-19(17)27-2)9-10-23-21(24)13-28-22(25)8-5-15-4-7-18-20(12-15)30-14-29-18/h3-4,6-7,11-12H,5,8-10,13-14H2,1-2H3,(H,23,24). The van der Waals surface area contributed by atoms with Gasteiger partial charge in [-0.1, -0.05) is 12.1 Å². The van der Waals surface area contributed by atoms with Crippen molar-refractivity contribution in [3.05, 3.63) is 47.5 Å². The third-order valence-electron chi connectivity index (χ3n) is 4.60. The lowest BCUT2D eigenvalue weighted by Gasteiger charge is -2.10. The summed E-state index contributed by atoms with van der Waals surface area (Å²) in [4.78, 5) is 23.8. The molecule has 0 atom stereocenters. The van der Waals surface area contributed by atoms with Crippen LogP contribution in [0.4, 0.5) is 0 Å². The predicted octanol–water partition coefficient (Wildman–Crippen LogP) is 2.27. The van der Waals surface area contributed by atoms with Gasteiger partial charge in [-0.2, -0.15) is 0 Å². The molecule has 1 aliphatic rings. The van der Waals surface area contributed by atoms with Gasteiger partial charge >= 0.3 is 5.97 Å².